The monoisotopic (exact) mass is 488 g/mol. The van der Waals surface area contributed by atoms with Crippen LogP contribution in [0.15, 0.2) is 60.7 Å². The van der Waals surface area contributed by atoms with E-state index in [2.05, 4.69) is 12.4 Å². The van der Waals surface area contributed by atoms with Crippen LogP contribution >= 0.6 is 0 Å². The molecule has 2 aliphatic rings. The molecule has 1 heterocycles. The zero-order valence-corrected chi connectivity index (χ0v) is 20.2. The minimum absolute atomic E-state index is 0.197. The van der Waals surface area contributed by atoms with Crippen LogP contribution in [0.3, 0.4) is 0 Å². The van der Waals surface area contributed by atoms with E-state index in [-0.39, 0.29) is 35.0 Å². The largest absolute Gasteiger partial charge is 0.491 e. The number of nitrogens with one attached hydrogen (secondary N) is 1. The Kier molecular flexibility index (Phi) is 6.49. The topological polar surface area (TPSA) is 111 Å². The van der Waals surface area contributed by atoms with Gasteiger partial charge in [0.1, 0.15) is 38.1 Å². The molecule has 1 aliphatic carbocycles. The number of aliphatic hydroxyl groups excluding tert-OH is 1. The van der Waals surface area contributed by atoms with Gasteiger partial charge in [0.15, 0.2) is 11.6 Å². The highest BCUT2D eigenvalue weighted by molar-refractivity contribution is 6.31. The molecular formula is C28H30N3O5+. The second kappa shape index (κ2) is 9.73. The van der Waals surface area contributed by atoms with Gasteiger partial charge in [0.05, 0.1) is 37.1 Å². The number of benzene rings is 3. The first kappa shape index (κ1) is 24.0. The minimum atomic E-state index is -0.585. The van der Waals surface area contributed by atoms with Crippen molar-refractivity contribution in [2.45, 2.75) is 6.10 Å². The highest BCUT2D eigenvalue weighted by Crippen LogP contribution is 2.36. The Morgan fingerprint density at radius 3 is 2.28 bits per heavy atom. The van der Waals surface area contributed by atoms with E-state index >= 15 is 0 Å². The Morgan fingerprint density at radius 1 is 0.972 bits per heavy atom. The van der Waals surface area contributed by atoms with Crippen LogP contribution in [0.2, 0.25) is 0 Å². The van der Waals surface area contributed by atoms with Gasteiger partial charge < -0.3 is 30.1 Å². The Bertz CT molecular complexity index is 1300. The second-order valence-electron chi connectivity index (χ2n) is 9.63. The summed E-state index contributed by atoms with van der Waals surface area (Å²) in [5, 5.41) is 13.7. The molecule has 0 bridgehead atoms. The molecule has 8 heteroatoms. The number of likely N-dealkylation sites (N-methyl/N-ethyl adjacent to an activating group) is 1. The molecule has 0 saturated carbocycles. The third-order valence-electron chi connectivity index (χ3n) is 6.89. The standard InChI is InChI=1S/C28H29N3O5/c1-31(12-14-35-15-13-31)16-19(32)17-36-20-8-6-18(7-9-20)30-24-11-10-23(29)25-26(24)28(34)22-5-3-2-4-21(22)27(25)33/h2-11,19,32H,12-17H2,1H3,(H2-,29,30,33,34)/p+1/t19-/m1/s1. The van der Waals surface area contributed by atoms with Crippen molar-refractivity contribution in [2.24, 2.45) is 0 Å². The number of quaternary nitrogens is 1. The number of nitrogens with two attached hydrogens (primary N) is 1. The van der Waals surface area contributed by atoms with Crippen molar-refractivity contribution < 1.29 is 28.7 Å². The first-order chi connectivity index (χ1) is 17.3. The number of anilines is 3. The fraction of sp³-hybridized carbons (Fsp3) is 0.286. The summed E-state index contributed by atoms with van der Waals surface area (Å²) in [7, 11) is 2.12. The maximum atomic E-state index is 13.3. The van der Waals surface area contributed by atoms with Gasteiger partial charge in [-0.2, -0.15) is 0 Å². The summed E-state index contributed by atoms with van der Waals surface area (Å²) in [6.07, 6.45) is -0.585. The fourth-order valence-electron chi connectivity index (χ4n) is 4.86. The van der Waals surface area contributed by atoms with Crippen molar-refractivity contribution >= 4 is 28.6 Å². The SMILES string of the molecule is C[N+]1(C[C@@H](O)COc2ccc(Nc3ccc(N)c4c3C(=O)c3ccccc3C4=O)cc2)CCOCC1. The third-order valence-corrected chi connectivity index (χ3v) is 6.89. The van der Waals surface area contributed by atoms with Crippen LogP contribution in [-0.2, 0) is 4.74 Å². The van der Waals surface area contributed by atoms with E-state index in [0.29, 0.717) is 42.3 Å². The van der Waals surface area contributed by atoms with Crippen LogP contribution < -0.4 is 15.8 Å². The number of ketones is 2. The lowest BCUT2D eigenvalue weighted by atomic mass is 9.82. The molecule has 0 spiro atoms. The molecule has 0 radical (unpaired) electrons. The molecule has 1 fully saturated rings. The van der Waals surface area contributed by atoms with Crippen LogP contribution in [0.25, 0.3) is 0 Å². The first-order valence-electron chi connectivity index (χ1n) is 12.0. The summed E-state index contributed by atoms with van der Waals surface area (Å²) in [5.74, 6) is 0.140. The van der Waals surface area contributed by atoms with Crippen LogP contribution in [0.1, 0.15) is 31.8 Å². The molecule has 8 nitrogen and oxygen atoms in total. The molecule has 1 atom stereocenters. The highest BCUT2D eigenvalue weighted by Gasteiger charge is 2.33. The van der Waals surface area contributed by atoms with E-state index < -0.39 is 6.10 Å². The molecule has 186 valence electrons. The lowest BCUT2D eigenvalue weighted by Gasteiger charge is -2.38. The van der Waals surface area contributed by atoms with E-state index in [1.165, 1.54) is 0 Å². The number of morpholine rings is 1. The number of ether oxygens (including phenoxy) is 2. The molecular weight excluding hydrogens is 458 g/mol. The Hall–Kier alpha value is -3.72. The number of rotatable bonds is 7. The van der Waals surface area contributed by atoms with Gasteiger partial charge in [-0.3, -0.25) is 9.59 Å². The number of nitrogens with zero attached hydrogens (tertiary/aromatic N) is 1. The first-order valence-corrected chi connectivity index (χ1v) is 12.0. The fourth-order valence-corrected chi connectivity index (χ4v) is 4.86. The smallest absolute Gasteiger partial charge is 0.196 e. The molecule has 5 rings (SSSR count). The minimum Gasteiger partial charge on any atom is -0.491 e. The molecule has 0 amide bonds. The van der Waals surface area contributed by atoms with Gasteiger partial charge in [-0.05, 0) is 36.4 Å². The zero-order chi connectivity index (χ0) is 25.3. The van der Waals surface area contributed by atoms with Crippen molar-refractivity contribution in [1.82, 2.24) is 0 Å². The summed E-state index contributed by atoms with van der Waals surface area (Å²) in [6.45, 7) is 3.99. The summed E-state index contributed by atoms with van der Waals surface area (Å²) in [4.78, 5) is 26.4. The van der Waals surface area contributed by atoms with Gasteiger partial charge >= 0.3 is 0 Å². The predicted octanol–water partition coefficient (Wildman–Crippen LogP) is 3.00. The van der Waals surface area contributed by atoms with Crippen molar-refractivity contribution in [1.29, 1.82) is 0 Å². The highest BCUT2D eigenvalue weighted by atomic mass is 16.5. The molecule has 0 unspecified atom stereocenters. The van der Waals surface area contributed by atoms with Gasteiger partial charge in [-0.15, -0.1) is 0 Å². The van der Waals surface area contributed by atoms with E-state index in [1.54, 1.807) is 48.5 Å². The lowest BCUT2D eigenvalue weighted by molar-refractivity contribution is -0.919. The molecule has 4 N–H and O–H groups in total. The third kappa shape index (κ3) is 4.70. The maximum absolute atomic E-state index is 13.3. The van der Waals surface area contributed by atoms with Crippen molar-refractivity contribution in [2.75, 3.05) is 57.6 Å². The van der Waals surface area contributed by atoms with Crippen molar-refractivity contribution in [3.05, 3.63) is 82.9 Å². The summed E-state index contributed by atoms with van der Waals surface area (Å²) >= 11 is 0. The Morgan fingerprint density at radius 2 is 1.61 bits per heavy atom. The summed E-state index contributed by atoms with van der Waals surface area (Å²) < 4.78 is 12.0. The summed E-state index contributed by atoms with van der Waals surface area (Å²) in [5.41, 5.74) is 8.88. The molecule has 0 aromatic heterocycles. The molecule has 3 aromatic carbocycles. The van der Waals surface area contributed by atoms with Crippen LogP contribution in [0, 0.1) is 0 Å². The molecule has 36 heavy (non-hydrogen) atoms. The molecule has 1 aliphatic heterocycles. The quantitative estimate of drug-likeness (QED) is 0.271. The molecule has 1 saturated heterocycles. The van der Waals surface area contributed by atoms with E-state index in [0.717, 1.165) is 23.3 Å². The maximum Gasteiger partial charge on any atom is 0.196 e. The second-order valence-corrected chi connectivity index (χ2v) is 9.63. The Labute approximate surface area is 209 Å². The van der Waals surface area contributed by atoms with Crippen LogP contribution in [0.4, 0.5) is 17.1 Å². The van der Waals surface area contributed by atoms with Crippen molar-refractivity contribution in [3.63, 3.8) is 0 Å². The van der Waals surface area contributed by atoms with Crippen LogP contribution in [-0.4, -0.2) is 73.8 Å². The average molecular weight is 489 g/mol. The number of carbonyl (C=O) groups excluding carboxylic acids is 2. The van der Waals surface area contributed by atoms with Crippen molar-refractivity contribution in [3.8, 4) is 5.75 Å². The number of carbonyl (C=O) groups is 2. The number of nitrogen functional groups attached to an aromatic ring is 1. The zero-order valence-electron chi connectivity index (χ0n) is 20.2. The van der Waals surface area contributed by atoms with E-state index in [1.807, 2.05) is 12.1 Å². The number of aliphatic hydroxyl groups is 1. The van der Waals surface area contributed by atoms with Gasteiger partial charge in [-0.1, -0.05) is 24.3 Å². The lowest BCUT2D eigenvalue weighted by Crippen LogP contribution is -2.56. The van der Waals surface area contributed by atoms with E-state index in [4.69, 9.17) is 15.2 Å². The predicted molar refractivity (Wildman–Crippen MR) is 137 cm³/mol. The van der Waals surface area contributed by atoms with Crippen LogP contribution in [0.5, 0.6) is 5.75 Å². The molecule has 3 aromatic rings. The van der Waals surface area contributed by atoms with Gasteiger partial charge in [0.2, 0.25) is 0 Å². The van der Waals surface area contributed by atoms with E-state index in [9.17, 15) is 14.7 Å². The van der Waals surface area contributed by atoms with Gasteiger partial charge in [-0.25, -0.2) is 0 Å². The number of fused-ring (bicyclic) bond motifs is 2. The number of hydrogen-bond acceptors (Lipinski definition) is 7. The van der Waals surface area contributed by atoms with Gasteiger partial charge in [0.25, 0.3) is 0 Å². The normalized spacial score (nSPS) is 17.2. The van der Waals surface area contributed by atoms with Gasteiger partial charge in [0, 0.05) is 22.5 Å². The average Bonchev–Trinajstić information content (AvgIpc) is 2.88. The summed E-state index contributed by atoms with van der Waals surface area (Å²) in [6, 6.07) is 17.4. The Balaban J connectivity index is 1.28. The number of hydrogen-bond donors (Lipinski definition) is 3.